The van der Waals surface area contributed by atoms with Gasteiger partial charge in [-0.2, -0.15) is 5.10 Å². The number of rotatable bonds is 2. The maximum absolute atomic E-state index is 10.5. The number of nitrogens with one attached hydrogen (secondary N) is 1. The maximum Gasteiger partial charge on any atom is 0.269 e. The van der Waals surface area contributed by atoms with Gasteiger partial charge in [-0.25, -0.2) is 0 Å². The summed E-state index contributed by atoms with van der Waals surface area (Å²) in [5.74, 6) is 0. The standard InChI is InChI=1S/C10H8IN3O2/c1-6-9(10(11)13-12-6)7-2-4-8(5-3-7)14(15)16/h2-5H,1H3,(H,12,13). The first-order valence-electron chi connectivity index (χ1n) is 4.55. The molecule has 16 heavy (non-hydrogen) atoms. The Hall–Kier alpha value is -1.44. The minimum absolute atomic E-state index is 0.0971. The molecule has 0 aliphatic rings. The molecule has 1 heterocycles. The Morgan fingerprint density at radius 3 is 2.44 bits per heavy atom. The molecule has 82 valence electrons. The van der Waals surface area contributed by atoms with Gasteiger partial charge >= 0.3 is 0 Å². The Balaban J connectivity index is 2.46. The van der Waals surface area contributed by atoms with Crippen molar-refractivity contribution >= 4 is 28.3 Å². The molecule has 5 nitrogen and oxygen atoms in total. The summed E-state index contributed by atoms with van der Waals surface area (Å²) in [5, 5.41) is 17.5. The Bertz CT molecular complexity index is 514. The minimum atomic E-state index is -0.406. The van der Waals surface area contributed by atoms with Gasteiger partial charge in [0.2, 0.25) is 0 Å². The second-order valence-electron chi connectivity index (χ2n) is 3.32. The highest BCUT2D eigenvalue weighted by molar-refractivity contribution is 14.1. The summed E-state index contributed by atoms with van der Waals surface area (Å²) in [4.78, 5) is 10.1. The zero-order chi connectivity index (χ0) is 11.7. The number of H-pyrrole nitrogens is 1. The van der Waals surface area contributed by atoms with E-state index in [-0.39, 0.29) is 5.69 Å². The van der Waals surface area contributed by atoms with Gasteiger partial charge in [0.05, 0.1) is 4.92 Å². The van der Waals surface area contributed by atoms with Crippen molar-refractivity contribution in [3.63, 3.8) is 0 Å². The van der Waals surface area contributed by atoms with Crippen molar-refractivity contribution in [1.82, 2.24) is 10.2 Å². The number of halogens is 1. The predicted molar refractivity (Wildman–Crippen MR) is 68.1 cm³/mol. The summed E-state index contributed by atoms with van der Waals surface area (Å²) in [7, 11) is 0. The molecule has 2 aromatic rings. The van der Waals surface area contributed by atoms with E-state index in [9.17, 15) is 10.1 Å². The largest absolute Gasteiger partial charge is 0.281 e. The number of hydrogen-bond acceptors (Lipinski definition) is 3. The maximum atomic E-state index is 10.5. The van der Waals surface area contributed by atoms with Gasteiger partial charge in [0.1, 0.15) is 3.70 Å². The number of hydrogen-bond donors (Lipinski definition) is 1. The number of aryl methyl sites for hydroxylation is 1. The first kappa shape index (κ1) is 11.1. The highest BCUT2D eigenvalue weighted by atomic mass is 127. The zero-order valence-electron chi connectivity index (χ0n) is 8.40. The van der Waals surface area contributed by atoms with E-state index in [1.54, 1.807) is 12.1 Å². The lowest BCUT2D eigenvalue weighted by Crippen LogP contribution is -1.88. The van der Waals surface area contributed by atoms with Crippen LogP contribution in [0.25, 0.3) is 11.1 Å². The number of nitrogens with zero attached hydrogens (tertiary/aromatic N) is 2. The smallest absolute Gasteiger partial charge is 0.269 e. The summed E-state index contributed by atoms with van der Waals surface area (Å²) in [5.41, 5.74) is 2.98. The highest BCUT2D eigenvalue weighted by Crippen LogP contribution is 2.28. The van der Waals surface area contributed by atoms with E-state index in [1.165, 1.54) is 12.1 Å². The molecule has 0 saturated heterocycles. The molecule has 1 aromatic carbocycles. The van der Waals surface area contributed by atoms with E-state index in [2.05, 4.69) is 32.8 Å². The molecule has 0 fully saturated rings. The van der Waals surface area contributed by atoms with Crippen LogP contribution in [0.1, 0.15) is 5.69 Å². The van der Waals surface area contributed by atoms with E-state index in [0.717, 1.165) is 20.5 Å². The fourth-order valence-electron chi connectivity index (χ4n) is 1.48. The topological polar surface area (TPSA) is 71.8 Å². The van der Waals surface area contributed by atoms with Gasteiger partial charge in [-0.05, 0) is 47.2 Å². The SMILES string of the molecule is Cc1[nH]nc(I)c1-c1ccc([N+](=O)[O-])cc1. The first-order valence-corrected chi connectivity index (χ1v) is 5.63. The number of non-ortho nitro benzene ring substituents is 1. The normalized spacial score (nSPS) is 10.4. The number of aromatic nitrogens is 2. The molecular weight excluding hydrogens is 321 g/mol. The summed E-state index contributed by atoms with van der Waals surface area (Å²) in [6.45, 7) is 1.92. The van der Waals surface area contributed by atoms with Crippen molar-refractivity contribution in [1.29, 1.82) is 0 Å². The van der Waals surface area contributed by atoms with Crippen LogP contribution in [0.5, 0.6) is 0 Å². The molecule has 2 rings (SSSR count). The van der Waals surface area contributed by atoms with E-state index >= 15 is 0 Å². The molecule has 1 N–H and O–H groups in total. The third-order valence-electron chi connectivity index (χ3n) is 2.27. The Kier molecular flexibility index (Phi) is 2.90. The summed E-state index contributed by atoms with van der Waals surface area (Å²) in [6, 6.07) is 6.46. The second kappa shape index (κ2) is 4.20. The monoisotopic (exact) mass is 329 g/mol. The first-order chi connectivity index (χ1) is 7.59. The number of aromatic amines is 1. The van der Waals surface area contributed by atoms with Crippen molar-refractivity contribution < 1.29 is 4.92 Å². The summed E-state index contributed by atoms with van der Waals surface area (Å²) >= 11 is 2.13. The molecular formula is C10H8IN3O2. The van der Waals surface area contributed by atoms with Crippen molar-refractivity contribution in [2.24, 2.45) is 0 Å². The molecule has 0 aliphatic heterocycles. The summed E-state index contributed by atoms with van der Waals surface area (Å²) in [6.07, 6.45) is 0. The van der Waals surface area contributed by atoms with E-state index in [1.807, 2.05) is 6.92 Å². The molecule has 0 radical (unpaired) electrons. The summed E-state index contributed by atoms with van der Waals surface area (Å²) < 4.78 is 0.865. The molecule has 0 unspecified atom stereocenters. The minimum Gasteiger partial charge on any atom is -0.281 e. The third-order valence-corrected chi connectivity index (χ3v) is 3.05. The predicted octanol–water partition coefficient (Wildman–Crippen LogP) is 2.90. The molecule has 1 aromatic heterocycles. The van der Waals surface area contributed by atoms with Crippen LogP contribution >= 0.6 is 22.6 Å². The van der Waals surface area contributed by atoms with E-state index in [0.29, 0.717) is 0 Å². The van der Waals surface area contributed by atoms with Crippen molar-refractivity contribution in [2.75, 3.05) is 0 Å². The van der Waals surface area contributed by atoms with Gasteiger partial charge in [0.25, 0.3) is 5.69 Å². The Labute approximate surface area is 105 Å². The van der Waals surface area contributed by atoms with Gasteiger partial charge in [-0.1, -0.05) is 0 Å². The van der Waals surface area contributed by atoms with Crippen LogP contribution in [0.2, 0.25) is 0 Å². The van der Waals surface area contributed by atoms with Crippen LogP contribution in [0.4, 0.5) is 5.69 Å². The Morgan fingerprint density at radius 2 is 2.00 bits per heavy atom. The number of benzene rings is 1. The van der Waals surface area contributed by atoms with Crippen LogP contribution in [0.15, 0.2) is 24.3 Å². The van der Waals surface area contributed by atoms with Crippen molar-refractivity contribution in [3.05, 3.63) is 43.8 Å². The quantitative estimate of drug-likeness (QED) is 0.523. The van der Waals surface area contributed by atoms with Gasteiger partial charge in [-0.15, -0.1) is 0 Å². The van der Waals surface area contributed by atoms with Gasteiger partial charge in [0.15, 0.2) is 0 Å². The molecule has 0 aliphatic carbocycles. The average molecular weight is 329 g/mol. The van der Waals surface area contributed by atoms with Crippen LogP contribution in [-0.2, 0) is 0 Å². The molecule has 0 bridgehead atoms. The highest BCUT2D eigenvalue weighted by Gasteiger charge is 2.11. The number of nitro groups is 1. The number of nitro benzene ring substituents is 1. The fourth-order valence-corrected chi connectivity index (χ4v) is 2.32. The lowest BCUT2D eigenvalue weighted by molar-refractivity contribution is -0.384. The van der Waals surface area contributed by atoms with Crippen LogP contribution < -0.4 is 0 Å². The van der Waals surface area contributed by atoms with Gasteiger partial charge in [-0.3, -0.25) is 15.2 Å². The molecule has 0 atom stereocenters. The van der Waals surface area contributed by atoms with Crippen LogP contribution in [0.3, 0.4) is 0 Å². The molecule has 0 spiro atoms. The third kappa shape index (κ3) is 1.92. The second-order valence-corrected chi connectivity index (χ2v) is 4.34. The Morgan fingerprint density at radius 1 is 1.38 bits per heavy atom. The fraction of sp³-hybridized carbons (Fsp3) is 0.100. The molecule has 0 amide bonds. The van der Waals surface area contributed by atoms with Crippen molar-refractivity contribution in [2.45, 2.75) is 6.92 Å². The van der Waals surface area contributed by atoms with Crippen molar-refractivity contribution in [3.8, 4) is 11.1 Å². The van der Waals surface area contributed by atoms with E-state index in [4.69, 9.17) is 0 Å². The van der Waals surface area contributed by atoms with Crippen LogP contribution in [0, 0.1) is 20.7 Å². The average Bonchev–Trinajstić information content (AvgIpc) is 2.59. The molecule has 6 heteroatoms. The lowest BCUT2D eigenvalue weighted by Gasteiger charge is -2.00. The van der Waals surface area contributed by atoms with Crippen LogP contribution in [-0.4, -0.2) is 15.1 Å². The van der Waals surface area contributed by atoms with E-state index < -0.39 is 4.92 Å². The lowest BCUT2D eigenvalue weighted by atomic mass is 10.1. The van der Waals surface area contributed by atoms with Gasteiger partial charge < -0.3 is 0 Å². The molecule has 0 saturated carbocycles. The van der Waals surface area contributed by atoms with Gasteiger partial charge in [0, 0.05) is 23.4 Å². The zero-order valence-corrected chi connectivity index (χ0v) is 10.6.